The highest BCUT2D eigenvalue weighted by Crippen LogP contribution is 2.26. The molecule has 0 spiro atoms. The van der Waals surface area contributed by atoms with E-state index in [1.807, 2.05) is 6.92 Å². The predicted molar refractivity (Wildman–Crippen MR) is 109 cm³/mol. The number of sulfonamides is 1. The van der Waals surface area contributed by atoms with Crippen molar-refractivity contribution in [2.75, 3.05) is 10.5 Å². The smallest absolute Gasteiger partial charge is 0.263 e. The second-order valence-electron chi connectivity index (χ2n) is 5.78. The van der Waals surface area contributed by atoms with Crippen molar-refractivity contribution in [2.24, 2.45) is 10.2 Å². The minimum atomic E-state index is -3.71. The number of nitrogens with zero attached hydrogens (tertiary/aromatic N) is 3. The number of rotatable bonds is 5. The molecule has 1 fully saturated rings. The number of aromatic nitrogens is 1. The van der Waals surface area contributed by atoms with Gasteiger partial charge in [0.25, 0.3) is 10.0 Å². The van der Waals surface area contributed by atoms with E-state index in [1.165, 1.54) is 23.1 Å². The normalized spacial score (nSPS) is 16.6. The summed E-state index contributed by atoms with van der Waals surface area (Å²) in [7, 11) is -3.71. The highest BCUT2D eigenvalue weighted by Gasteiger charge is 2.19. The summed E-state index contributed by atoms with van der Waals surface area (Å²) in [5.41, 5.74) is 2.21. The van der Waals surface area contributed by atoms with Gasteiger partial charge in [0, 0.05) is 0 Å². The van der Waals surface area contributed by atoms with Gasteiger partial charge in [0.1, 0.15) is 0 Å². The van der Waals surface area contributed by atoms with Gasteiger partial charge < -0.3 is 5.32 Å². The quantitative estimate of drug-likeness (QED) is 0.567. The summed E-state index contributed by atoms with van der Waals surface area (Å²) in [6.45, 7) is 5.42. The molecular weight excluding hydrogens is 406 g/mol. The van der Waals surface area contributed by atoms with Crippen molar-refractivity contribution in [1.29, 1.82) is 0 Å². The highest BCUT2D eigenvalue weighted by atomic mass is 32.2. The summed E-state index contributed by atoms with van der Waals surface area (Å²) in [5, 5.41) is 11.4. The van der Waals surface area contributed by atoms with Crippen LogP contribution in [0.1, 0.15) is 23.1 Å². The minimum Gasteiger partial charge on any atom is -0.303 e. The number of aryl methyl sites for hydroxylation is 2. The fourth-order valence-corrected chi connectivity index (χ4v) is 4.98. The van der Waals surface area contributed by atoms with Crippen molar-refractivity contribution in [3.05, 3.63) is 40.4 Å². The third-order valence-electron chi connectivity index (χ3n) is 3.56. The van der Waals surface area contributed by atoms with Gasteiger partial charge in [-0.3, -0.25) is 9.52 Å². The zero-order valence-electron chi connectivity index (χ0n) is 14.8. The lowest BCUT2D eigenvalue weighted by molar-refractivity contribution is -0.116. The Bertz CT molecular complexity index is 1040. The number of thioether (sulfide) groups is 1. The Hall–Kier alpha value is -2.24. The van der Waals surface area contributed by atoms with Crippen molar-refractivity contribution in [3.63, 3.8) is 0 Å². The fourth-order valence-electron chi connectivity index (χ4n) is 2.21. The van der Waals surface area contributed by atoms with Crippen LogP contribution in [0.5, 0.6) is 0 Å². The topological polar surface area (TPSA) is 113 Å². The molecular formula is C16H17N5O3S3. The van der Waals surface area contributed by atoms with Gasteiger partial charge >= 0.3 is 0 Å². The monoisotopic (exact) mass is 423 g/mol. The molecule has 11 heteroatoms. The summed E-state index contributed by atoms with van der Waals surface area (Å²) < 4.78 is 27.5. The second-order valence-corrected chi connectivity index (χ2v) is 9.43. The zero-order valence-corrected chi connectivity index (χ0v) is 17.3. The summed E-state index contributed by atoms with van der Waals surface area (Å²) in [6, 6.07) is 6.58. The van der Waals surface area contributed by atoms with Crippen LogP contribution in [0.25, 0.3) is 0 Å². The highest BCUT2D eigenvalue weighted by molar-refractivity contribution is 8.15. The second kappa shape index (κ2) is 7.79. The van der Waals surface area contributed by atoms with Crippen LogP contribution in [0.2, 0.25) is 0 Å². The van der Waals surface area contributed by atoms with Crippen molar-refractivity contribution < 1.29 is 13.2 Å². The van der Waals surface area contributed by atoms with Crippen LogP contribution in [0.3, 0.4) is 0 Å². The van der Waals surface area contributed by atoms with Gasteiger partial charge in [-0.15, -0.1) is 5.10 Å². The SMILES string of the molecule is C/C(=N\N=C1\NC(=O)CS1)c1sc(NS(=O)(=O)c2ccc(C)cc2)nc1C. The first kappa shape index (κ1) is 19.5. The molecule has 1 aliphatic heterocycles. The van der Waals surface area contributed by atoms with E-state index in [9.17, 15) is 13.2 Å². The van der Waals surface area contributed by atoms with E-state index < -0.39 is 10.0 Å². The minimum absolute atomic E-state index is 0.103. The van der Waals surface area contributed by atoms with E-state index in [0.29, 0.717) is 22.3 Å². The summed E-state index contributed by atoms with van der Waals surface area (Å²) in [5.74, 6) is 0.228. The molecule has 8 nitrogen and oxygen atoms in total. The van der Waals surface area contributed by atoms with E-state index in [2.05, 4.69) is 25.2 Å². The summed E-state index contributed by atoms with van der Waals surface area (Å²) >= 11 is 2.46. The molecule has 2 N–H and O–H groups in total. The van der Waals surface area contributed by atoms with Crippen LogP contribution in [0.15, 0.2) is 39.4 Å². The third kappa shape index (κ3) is 4.73. The van der Waals surface area contributed by atoms with Crippen LogP contribution in [0.4, 0.5) is 5.13 Å². The molecule has 0 atom stereocenters. The summed E-state index contributed by atoms with van der Waals surface area (Å²) in [4.78, 5) is 16.3. The first-order chi connectivity index (χ1) is 12.7. The molecule has 3 rings (SSSR count). The lowest BCUT2D eigenvalue weighted by atomic mass is 10.2. The number of hydrogen-bond acceptors (Lipinski definition) is 8. The predicted octanol–water partition coefficient (Wildman–Crippen LogP) is 2.50. The number of amidine groups is 1. The zero-order chi connectivity index (χ0) is 19.6. The number of hydrogen-bond donors (Lipinski definition) is 2. The van der Waals surface area contributed by atoms with Gasteiger partial charge in [-0.1, -0.05) is 40.8 Å². The molecule has 0 radical (unpaired) electrons. The van der Waals surface area contributed by atoms with Crippen molar-refractivity contribution in [2.45, 2.75) is 25.7 Å². The molecule has 142 valence electrons. The van der Waals surface area contributed by atoms with Gasteiger partial charge in [-0.05, 0) is 32.9 Å². The lowest BCUT2D eigenvalue weighted by Gasteiger charge is -2.05. The molecule has 0 saturated carbocycles. The molecule has 0 aliphatic carbocycles. The van der Waals surface area contributed by atoms with Crippen LogP contribution < -0.4 is 10.0 Å². The Morgan fingerprint density at radius 3 is 2.59 bits per heavy atom. The standard InChI is InChI=1S/C16H17N5O3S3/c1-9-4-6-12(7-5-9)27(23,24)21-16-17-10(2)14(26-16)11(3)19-20-15-18-13(22)8-25-15/h4-7H,8H2,1-3H3,(H,17,21)(H,18,20,22)/b19-11+. The summed E-state index contributed by atoms with van der Waals surface area (Å²) in [6.07, 6.45) is 0. The third-order valence-corrected chi connectivity index (χ3v) is 7.08. The fraction of sp³-hybridized carbons (Fsp3) is 0.250. The Balaban J connectivity index is 1.79. The Kier molecular flexibility index (Phi) is 5.63. The maximum atomic E-state index is 12.5. The van der Waals surface area contributed by atoms with Crippen molar-refractivity contribution >= 4 is 55.0 Å². The van der Waals surface area contributed by atoms with Gasteiger partial charge in [0.05, 0.1) is 26.9 Å². The molecule has 1 amide bonds. The maximum Gasteiger partial charge on any atom is 0.263 e. The molecule has 27 heavy (non-hydrogen) atoms. The largest absolute Gasteiger partial charge is 0.303 e. The number of nitrogens with one attached hydrogen (secondary N) is 2. The van der Waals surface area contributed by atoms with Gasteiger partial charge in [0.2, 0.25) is 5.91 Å². The van der Waals surface area contributed by atoms with E-state index in [1.54, 1.807) is 38.1 Å². The number of benzene rings is 1. The number of carbonyl (C=O) groups excluding carboxylic acids is 1. The van der Waals surface area contributed by atoms with Gasteiger partial charge in [-0.25, -0.2) is 13.4 Å². The number of amides is 1. The average Bonchev–Trinajstić information content (AvgIpc) is 3.18. The maximum absolute atomic E-state index is 12.5. The van der Waals surface area contributed by atoms with E-state index >= 15 is 0 Å². The Morgan fingerprint density at radius 2 is 1.96 bits per heavy atom. The first-order valence-electron chi connectivity index (χ1n) is 7.87. The Morgan fingerprint density at radius 1 is 1.26 bits per heavy atom. The molecule has 1 aromatic heterocycles. The molecule has 0 bridgehead atoms. The molecule has 1 saturated heterocycles. The Labute approximate surface area is 165 Å². The number of anilines is 1. The van der Waals surface area contributed by atoms with E-state index in [0.717, 1.165) is 10.4 Å². The molecule has 2 aromatic rings. The van der Waals surface area contributed by atoms with E-state index in [-0.39, 0.29) is 15.9 Å². The average molecular weight is 424 g/mol. The van der Waals surface area contributed by atoms with Crippen molar-refractivity contribution in [1.82, 2.24) is 10.3 Å². The van der Waals surface area contributed by atoms with Gasteiger partial charge in [0.15, 0.2) is 10.3 Å². The van der Waals surface area contributed by atoms with E-state index in [4.69, 9.17) is 0 Å². The number of carbonyl (C=O) groups is 1. The van der Waals surface area contributed by atoms with Crippen LogP contribution in [0, 0.1) is 13.8 Å². The van der Waals surface area contributed by atoms with Crippen LogP contribution >= 0.6 is 23.1 Å². The van der Waals surface area contributed by atoms with Crippen LogP contribution in [-0.2, 0) is 14.8 Å². The molecule has 2 heterocycles. The molecule has 1 aromatic carbocycles. The molecule has 1 aliphatic rings. The molecule has 0 unspecified atom stereocenters. The van der Waals surface area contributed by atoms with Crippen LogP contribution in [-0.4, -0.2) is 35.9 Å². The number of thiazole rings is 1. The first-order valence-corrected chi connectivity index (χ1v) is 11.2. The van der Waals surface area contributed by atoms with Gasteiger partial charge in [-0.2, -0.15) is 5.10 Å². The van der Waals surface area contributed by atoms with Crippen molar-refractivity contribution in [3.8, 4) is 0 Å². The lowest BCUT2D eigenvalue weighted by Crippen LogP contribution is -2.19.